The third kappa shape index (κ3) is 1.05. The van der Waals surface area contributed by atoms with Gasteiger partial charge in [0.2, 0.25) is 0 Å². The Morgan fingerprint density at radius 2 is 2.06 bits per heavy atom. The van der Waals surface area contributed by atoms with E-state index < -0.39 is 0 Å². The third-order valence-corrected chi connectivity index (χ3v) is 3.10. The van der Waals surface area contributed by atoms with Crippen molar-refractivity contribution < 1.29 is 4.79 Å². The zero-order chi connectivity index (χ0) is 13.0. The molecule has 18 heavy (non-hydrogen) atoms. The summed E-state index contributed by atoms with van der Waals surface area (Å²) >= 11 is 0. The number of anilines is 3. The van der Waals surface area contributed by atoms with Gasteiger partial charge in [-0.3, -0.25) is 4.79 Å². The molecule has 1 aliphatic heterocycles. The van der Waals surface area contributed by atoms with Gasteiger partial charge in [-0.2, -0.15) is 5.26 Å². The summed E-state index contributed by atoms with van der Waals surface area (Å²) in [4.78, 5) is 17.7. The summed E-state index contributed by atoms with van der Waals surface area (Å²) in [5.74, 6) is -0.203. The summed E-state index contributed by atoms with van der Waals surface area (Å²) in [6.07, 6.45) is 0. The molecule has 88 valence electrons. The summed E-state index contributed by atoms with van der Waals surface area (Å²) < 4.78 is 0. The second-order valence-corrected chi connectivity index (χ2v) is 4.16. The van der Waals surface area contributed by atoms with Crippen molar-refractivity contribution in [1.29, 1.82) is 5.26 Å². The smallest absolute Gasteiger partial charge is 0.258 e. The van der Waals surface area contributed by atoms with Gasteiger partial charge >= 0.3 is 0 Å². The number of nitriles is 1. The van der Waals surface area contributed by atoms with Gasteiger partial charge in [-0.05, 0) is 12.1 Å². The lowest BCUT2D eigenvalue weighted by Gasteiger charge is -2.13. The molecule has 4 N–H and O–H groups in total. The van der Waals surface area contributed by atoms with Crippen LogP contribution in [-0.2, 0) is 0 Å². The number of hydrogen-bond donors (Lipinski definition) is 2. The van der Waals surface area contributed by atoms with Crippen molar-refractivity contribution in [2.45, 2.75) is 0 Å². The van der Waals surface area contributed by atoms with E-state index in [2.05, 4.69) is 4.98 Å². The predicted molar refractivity (Wildman–Crippen MR) is 68.0 cm³/mol. The van der Waals surface area contributed by atoms with Crippen LogP contribution in [0.1, 0.15) is 16.1 Å². The largest absolute Gasteiger partial charge is 0.397 e. The highest BCUT2D eigenvalue weighted by atomic mass is 16.2. The molecule has 0 unspecified atom stereocenters. The van der Waals surface area contributed by atoms with Crippen LogP contribution in [0.2, 0.25) is 0 Å². The number of rotatable bonds is 0. The number of nitrogen functional groups attached to an aromatic ring is 2. The highest BCUT2D eigenvalue weighted by molar-refractivity contribution is 6.28. The lowest BCUT2D eigenvalue weighted by Crippen LogP contribution is -2.21. The molecule has 0 saturated heterocycles. The molecule has 1 aromatic carbocycles. The number of carbonyl (C=O) groups excluding carboxylic acids is 1. The van der Waals surface area contributed by atoms with E-state index in [0.717, 1.165) is 0 Å². The molecular weight excluding hydrogens is 230 g/mol. The Bertz CT molecular complexity index is 759. The molecule has 0 fully saturated rings. The number of hydrogen-bond acceptors (Lipinski definition) is 5. The molecule has 3 rings (SSSR count). The van der Waals surface area contributed by atoms with E-state index in [9.17, 15) is 4.79 Å². The number of benzene rings is 1. The molecule has 0 radical (unpaired) electrons. The first-order chi connectivity index (χ1) is 8.54. The summed E-state index contributed by atoms with van der Waals surface area (Å²) in [7, 11) is 1.63. The minimum atomic E-state index is -0.203. The van der Waals surface area contributed by atoms with Crippen molar-refractivity contribution in [3.63, 3.8) is 0 Å². The molecular formula is C12H9N5O. The Kier molecular flexibility index (Phi) is 1.79. The highest BCUT2D eigenvalue weighted by Gasteiger charge is 2.31. The summed E-state index contributed by atoms with van der Waals surface area (Å²) in [5, 5.41) is 9.55. The van der Waals surface area contributed by atoms with Gasteiger partial charge in [0.1, 0.15) is 11.8 Å². The Morgan fingerprint density at radius 1 is 1.33 bits per heavy atom. The first-order valence-electron chi connectivity index (χ1n) is 5.25. The fraction of sp³-hybridized carbons (Fsp3) is 0.0833. The average molecular weight is 239 g/mol. The fourth-order valence-corrected chi connectivity index (χ4v) is 2.31. The molecule has 0 atom stereocenters. The van der Waals surface area contributed by atoms with Crippen LogP contribution in [-0.4, -0.2) is 17.9 Å². The van der Waals surface area contributed by atoms with Crippen molar-refractivity contribution in [3.8, 4) is 6.07 Å². The monoisotopic (exact) mass is 239 g/mol. The van der Waals surface area contributed by atoms with Gasteiger partial charge in [0.05, 0.1) is 28.1 Å². The average Bonchev–Trinajstić information content (AvgIpc) is 2.60. The Balaban J connectivity index is 2.58. The second-order valence-electron chi connectivity index (χ2n) is 4.16. The summed E-state index contributed by atoms with van der Waals surface area (Å²) in [6.45, 7) is 0. The second kappa shape index (κ2) is 3.11. The Hall–Kier alpha value is -2.81. The van der Waals surface area contributed by atoms with E-state index in [4.69, 9.17) is 16.7 Å². The molecule has 0 bridgehead atoms. The zero-order valence-electron chi connectivity index (χ0n) is 9.56. The van der Waals surface area contributed by atoms with E-state index in [1.54, 1.807) is 13.1 Å². The van der Waals surface area contributed by atoms with Crippen LogP contribution in [0, 0.1) is 11.3 Å². The topological polar surface area (TPSA) is 109 Å². The van der Waals surface area contributed by atoms with E-state index >= 15 is 0 Å². The number of pyridine rings is 1. The minimum Gasteiger partial charge on any atom is -0.397 e. The van der Waals surface area contributed by atoms with E-state index in [1.807, 2.05) is 6.07 Å². The van der Waals surface area contributed by atoms with Crippen LogP contribution in [0.15, 0.2) is 12.1 Å². The van der Waals surface area contributed by atoms with Crippen LogP contribution in [0.5, 0.6) is 0 Å². The van der Waals surface area contributed by atoms with Gasteiger partial charge < -0.3 is 16.4 Å². The summed E-state index contributed by atoms with van der Waals surface area (Å²) in [6, 6.07) is 4.95. The standard InChI is InChI=1S/C12H9N5O/c1-17-11-8(15)3-7(14)10-9(11)6(12(17)18)2-5(4-13)16-10/h2-3H,14-15H2,1H3. The first-order valence-corrected chi connectivity index (χ1v) is 5.25. The van der Waals surface area contributed by atoms with E-state index in [-0.39, 0.29) is 11.6 Å². The van der Waals surface area contributed by atoms with Crippen molar-refractivity contribution in [2.75, 3.05) is 23.4 Å². The van der Waals surface area contributed by atoms with Crippen molar-refractivity contribution in [2.24, 2.45) is 0 Å². The third-order valence-electron chi connectivity index (χ3n) is 3.10. The molecule has 6 nitrogen and oxygen atoms in total. The van der Waals surface area contributed by atoms with Gasteiger partial charge in [0.15, 0.2) is 0 Å². The molecule has 2 aromatic rings. The number of aromatic nitrogens is 1. The number of nitrogens with zero attached hydrogens (tertiary/aromatic N) is 3. The lowest BCUT2D eigenvalue weighted by atomic mass is 10.1. The molecule has 0 spiro atoms. The zero-order valence-corrected chi connectivity index (χ0v) is 9.56. The maximum atomic E-state index is 12.1. The molecule has 6 heteroatoms. The fourth-order valence-electron chi connectivity index (χ4n) is 2.31. The number of carbonyl (C=O) groups is 1. The maximum absolute atomic E-state index is 12.1. The summed E-state index contributed by atoms with van der Waals surface area (Å²) in [5.41, 5.74) is 14.2. The highest BCUT2D eigenvalue weighted by Crippen LogP contribution is 2.42. The molecule has 1 amide bonds. The van der Waals surface area contributed by atoms with Crippen LogP contribution < -0.4 is 16.4 Å². The Morgan fingerprint density at radius 3 is 2.72 bits per heavy atom. The van der Waals surface area contributed by atoms with Gasteiger partial charge in [0.25, 0.3) is 5.91 Å². The Labute approximate surface area is 102 Å². The molecule has 2 heterocycles. The van der Waals surface area contributed by atoms with E-state index in [0.29, 0.717) is 33.5 Å². The van der Waals surface area contributed by atoms with Crippen LogP contribution in [0.3, 0.4) is 0 Å². The van der Waals surface area contributed by atoms with Gasteiger partial charge in [-0.1, -0.05) is 0 Å². The SMILES string of the molecule is CN1C(=O)c2cc(C#N)nc3c(N)cc(N)c1c23. The number of amides is 1. The van der Waals surface area contributed by atoms with Gasteiger partial charge in [0, 0.05) is 12.4 Å². The molecule has 0 aliphatic carbocycles. The van der Waals surface area contributed by atoms with Crippen LogP contribution in [0.25, 0.3) is 10.9 Å². The molecule has 1 aromatic heterocycles. The van der Waals surface area contributed by atoms with Crippen molar-refractivity contribution >= 4 is 33.9 Å². The van der Waals surface area contributed by atoms with Gasteiger partial charge in [-0.15, -0.1) is 0 Å². The first kappa shape index (κ1) is 10.4. The van der Waals surface area contributed by atoms with Crippen LogP contribution in [0.4, 0.5) is 17.1 Å². The van der Waals surface area contributed by atoms with Crippen molar-refractivity contribution in [3.05, 3.63) is 23.4 Å². The quantitative estimate of drug-likeness (QED) is 0.662. The van der Waals surface area contributed by atoms with Crippen LogP contribution >= 0.6 is 0 Å². The molecule has 1 aliphatic rings. The normalized spacial score (nSPS) is 13.1. The van der Waals surface area contributed by atoms with E-state index in [1.165, 1.54) is 11.0 Å². The van der Waals surface area contributed by atoms with Gasteiger partial charge in [-0.25, -0.2) is 4.98 Å². The minimum absolute atomic E-state index is 0.170. The van der Waals surface area contributed by atoms with Crippen molar-refractivity contribution in [1.82, 2.24) is 4.98 Å². The maximum Gasteiger partial charge on any atom is 0.258 e. The predicted octanol–water partition coefficient (Wildman–Crippen LogP) is 0.861. The lowest BCUT2D eigenvalue weighted by molar-refractivity contribution is 0.0999. The molecule has 0 saturated carbocycles. The number of nitrogens with two attached hydrogens (primary N) is 2.